The largest absolute Gasteiger partial charge is 0.493 e. The number of hydrogen-bond acceptors (Lipinski definition) is 7. The van der Waals surface area contributed by atoms with Crippen LogP contribution in [0.3, 0.4) is 0 Å². The Morgan fingerprint density at radius 2 is 1.71 bits per heavy atom. The molecule has 1 fully saturated rings. The van der Waals surface area contributed by atoms with Crippen molar-refractivity contribution in [2.24, 2.45) is 0 Å². The molecule has 0 N–H and O–H groups in total. The van der Waals surface area contributed by atoms with Crippen molar-refractivity contribution in [2.45, 2.75) is 57.1 Å². The number of cyclic esters (lactones) is 1. The van der Waals surface area contributed by atoms with Crippen molar-refractivity contribution in [1.82, 2.24) is 4.90 Å². The highest BCUT2D eigenvalue weighted by atomic mass is 28.4. The van der Waals surface area contributed by atoms with Gasteiger partial charge in [-0.25, -0.2) is 4.79 Å². The van der Waals surface area contributed by atoms with E-state index in [0.717, 1.165) is 11.1 Å². The van der Waals surface area contributed by atoms with E-state index < -0.39 is 8.32 Å². The third-order valence-electron chi connectivity index (χ3n) is 6.59. The Labute approximate surface area is 185 Å². The smallest absolute Gasteiger partial charge is 0.410 e. The Bertz CT molecular complexity index is 808. The second-order valence-electron chi connectivity index (χ2n) is 9.48. The molecule has 2 aliphatic heterocycles. The van der Waals surface area contributed by atoms with Crippen molar-refractivity contribution in [3.05, 3.63) is 23.3 Å². The summed E-state index contributed by atoms with van der Waals surface area (Å²) in [5.41, 5.74) is 1.89. The highest BCUT2D eigenvalue weighted by Crippen LogP contribution is 2.50. The normalized spacial score (nSPS) is 23.3. The summed E-state index contributed by atoms with van der Waals surface area (Å²) in [4.78, 5) is 14.5. The number of carbonyl (C=O) groups excluding carboxylic acids is 1. The van der Waals surface area contributed by atoms with Crippen molar-refractivity contribution >= 4 is 14.4 Å². The number of hydrogen-bond donors (Lipinski definition) is 0. The van der Waals surface area contributed by atoms with Crippen LogP contribution in [0.15, 0.2) is 12.1 Å². The number of nitrogens with zero attached hydrogens (tertiary/aromatic N) is 1. The van der Waals surface area contributed by atoms with Crippen LogP contribution in [-0.2, 0) is 18.6 Å². The molecular weight excluding hydrogens is 418 g/mol. The number of fused-ring (bicyclic) bond motifs is 2. The minimum Gasteiger partial charge on any atom is -0.493 e. The highest BCUT2D eigenvalue weighted by Gasteiger charge is 2.52. The quantitative estimate of drug-likeness (QED) is 0.331. The number of amides is 1. The van der Waals surface area contributed by atoms with Gasteiger partial charge in [-0.15, -0.1) is 0 Å². The van der Waals surface area contributed by atoms with Crippen molar-refractivity contribution in [2.75, 3.05) is 41.3 Å². The summed E-state index contributed by atoms with van der Waals surface area (Å²) in [7, 11) is 2.62. The van der Waals surface area contributed by atoms with Crippen LogP contribution >= 0.6 is 0 Å². The van der Waals surface area contributed by atoms with Gasteiger partial charge in [0.1, 0.15) is 13.4 Å². The van der Waals surface area contributed by atoms with Crippen LogP contribution in [0.4, 0.5) is 4.79 Å². The van der Waals surface area contributed by atoms with Gasteiger partial charge in [-0.2, -0.15) is 0 Å². The number of carbonyl (C=O) groups is 1. The Balaban J connectivity index is 2.14. The van der Waals surface area contributed by atoms with E-state index in [0.29, 0.717) is 11.5 Å². The summed E-state index contributed by atoms with van der Waals surface area (Å²) in [5.74, 6) is 1.22. The van der Waals surface area contributed by atoms with Crippen LogP contribution in [0.25, 0.3) is 0 Å². The van der Waals surface area contributed by atoms with Gasteiger partial charge in [-0.3, -0.25) is 4.90 Å². The summed E-state index contributed by atoms with van der Waals surface area (Å²) in [6, 6.07) is 3.29. The standard InChI is InChI=1S/C22H35NO7Si/c1-22(2,3)31(7,8)30-20-15-10-19(27-6)18(26-5)9-14(15)16(11-28-13-25-4)23-17(20)12-29-21(23)24/h9-10,16-17,20H,11-13H2,1-8H3/t16-,17-,20+/m1/s1. The average molecular weight is 454 g/mol. The maximum atomic E-state index is 12.8. The predicted molar refractivity (Wildman–Crippen MR) is 118 cm³/mol. The molecule has 0 spiro atoms. The molecule has 31 heavy (non-hydrogen) atoms. The van der Waals surface area contributed by atoms with E-state index in [-0.39, 0.29) is 49.3 Å². The lowest BCUT2D eigenvalue weighted by molar-refractivity contribution is -0.0575. The van der Waals surface area contributed by atoms with E-state index in [1.54, 1.807) is 26.2 Å². The molecule has 1 aromatic carbocycles. The minimum absolute atomic E-state index is 0.0104. The van der Waals surface area contributed by atoms with E-state index in [1.807, 2.05) is 12.1 Å². The Morgan fingerprint density at radius 1 is 1.10 bits per heavy atom. The zero-order valence-corrected chi connectivity index (χ0v) is 20.8. The summed E-state index contributed by atoms with van der Waals surface area (Å²) >= 11 is 0. The Kier molecular flexibility index (Phi) is 6.90. The van der Waals surface area contributed by atoms with Crippen LogP contribution in [0.2, 0.25) is 18.1 Å². The summed E-state index contributed by atoms with van der Waals surface area (Å²) in [6.07, 6.45) is -0.693. The third-order valence-corrected chi connectivity index (χ3v) is 11.0. The lowest BCUT2D eigenvalue weighted by Crippen LogP contribution is -2.51. The molecule has 3 atom stereocenters. The molecule has 0 radical (unpaired) electrons. The molecule has 2 heterocycles. The molecule has 2 aliphatic rings. The summed E-state index contributed by atoms with van der Waals surface area (Å²) in [5, 5.41) is 0.0104. The highest BCUT2D eigenvalue weighted by molar-refractivity contribution is 6.74. The monoisotopic (exact) mass is 453 g/mol. The Hall–Kier alpha value is -1.81. The van der Waals surface area contributed by atoms with Gasteiger partial charge in [0.2, 0.25) is 0 Å². The first-order chi connectivity index (χ1) is 14.6. The molecule has 1 amide bonds. The second kappa shape index (κ2) is 8.97. The van der Waals surface area contributed by atoms with Crippen LogP contribution in [0, 0.1) is 0 Å². The zero-order chi connectivity index (χ0) is 23.0. The fourth-order valence-corrected chi connectivity index (χ4v) is 5.16. The maximum absolute atomic E-state index is 12.8. The van der Waals surface area contributed by atoms with Crippen molar-refractivity contribution in [3.63, 3.8) is 0 Å². The molecule has 0 aromatic heterocycles. The van der Waals surface area contributed by atoms with Gasteiger partial charge >= 0.3 is 6.09 Å². The number of ether oxygens (including phenoxy) is 5. The third kappa shape index (κ3) is 4.41. The van der Waals surface area contributed by atoms with Crippen molar-refractivity contribution in [3.8, 4) is 11.5 Å². The van der Waals surface area contributed by atoms with E-state index in [4.69, 9.17) is 28.1 Å². The number of benzene rings is 1. The summed E-state index contributed by atoms with van der Waals surface area (Å²) < 4.78 is 34.2. The maximum Gasteiger partial charge on any atom is 0.410 e. The molecule has 0 saturated carbocycles. The number of methoxy groups -OCH3 is 3. The van der Waals surface area contributed by atoms with E-state index >= 15 is 0 Å². The Morgan fingerprint density at radius 3 is 2.26 bits per heavy atom. The average Bonchev–Trinajstić information content (AvgIpc) is 3.09. The first kappa shape index (κ1) is 23.8. The fraction of sp³-hybridized carbons (Fsp3) is 0.682. The molecule has 0 aliphatic carbocycles. The van der Waals surface area contributed by atoms with Gasteiger partial charge in [0, 0.05) is 7.11 Å². The first-order valence-corrected chi connectivity index (χ1v) is 13.4. The lowest BCUT2D eigenvalue weighted by atomic mass is 9.86. The molecule has 0 bridgehead atoms. The summed E-state index contributed by atoms with van der Waals surface area (Å²) in [6.45, 7) is 11.7. The molecule has 0 unspecified atom stereocenters. The van der Waals surface area contributed by atoms with Gasteiger partial charge in [-0.1, -0.05) is 20.8 Å². The SMILES string of the molecule is COCOC[C@@H]1c2cc(OC)c(OC)cc2[C@H](O[Si](C)(C)C(C)(C)C)[C@H]2COC(=O)N12. The molecule has 1 saturated heterocycles. The molecule has 8 nitrogen and oxygen atoms in total. The van der Waals surface area contributed by atoms with Crippen LogP contribution in [-0.4, -0.2) is 66.7 Å². The van der Waals surface area contributed by atoms with Gasteiger partial charge in [0.25, 0.3) is 0 Å². The van der Waals surface area contributed by atoms with E-state index in [1.165, 1.54) is 0 Å². The van der Waals surface area contributed by atoms with Crippen molar-refractivity contribution < 1.29 is 32.9 Å². The van der Waals surface area contributed by atoms with Gasteiger partial charge in [0.05, 0.1) is 39.0 Å². The first-order valence-electron chi connectivity index (χ1n) is 10.5. The fourth-order valence-electron chi connectivity index (χ4n) is 3.89. The van der Waals surface area contributed by atoms with Gasteiger partial charge < -0.3 is 28.1 Å². The minimum atomic E-state index is -2.16. The van der Waals surface area contributed by atoms with Crippen molar-refractivity contribution in [1.29, 1.82) is 0 Å². The van der Waals surface area contributed by atoms with Crippen LogP contribution < -0.4 is 9.47 Å². The predicted octanol–water partition coefficient (Wildman–Crippen LogP) is 4.26. The molecular formula is C22H35NO7Si. The second-order valence-corrected chi connectivity index (χ2v) is 14.2. The van der Waals surface area contributed by atoms with Gasteiger partial charge in [-0.05, 0) is 41.4 Å². The molecule has 9 heteroatoms. The van der Waals surface area contributed by atoms with E-state index in [9.17, 15) is 4.79 Å². The lowest BCUT2D eigenvalue weighted by Gasteiger charge is -2.46. The molecule has 174 valence electrons. The van der Waals surface area contributed by atoms with Crippen LogP contribution in [0.1, 0.15) is 44.0 Å². The molecule has 1 aromatic rings. The topological polar surface area (TPSA) is 75.7 Å². The zero-order valence-electron chi connectivity index (χ0n) is 19.8. The number of rotatable bonds is 8. The van der Waals surface area contributed by atoms with E-state index in [2.05, 4.69) is 33.9 Å². The molecule has 3 rings (SSSR count). The van der Waals surface area contributed by atoms with Crippen LogP contribution in [0.5, 0.6) is 11.5 Å². The van der Waals surface area contributed by atoms with Gasteiger partial charge in [0.15, 0.2) is 19.8 Å².